The molecule has 0 aliphatic heterocycles. The first-order chi connectivity index (χ1) is 13.7. The Morgan fingerprint density at radius 3 is 2.45 bits per heavy atom. The molecule has 3 N–H and O–H groups in total. The van der Waals surface area contributed by atoms with E-state index in [-0.39, 0.29) is 18.4 Å². The number of carbonyl (C=O) groups excluding carboxylic acids is 2. The Kier molecular flexibility index (Phi) is 11.6. The van der Waals surface area contributed by atoms with Crippen molar-refractivity contribution in [3.8, 4) is 0 Å². The Labute approximate surface area is 173 Å². The summed E-state index contributed by atoms with van der Waals surface area (Å²) in [6, 6.07) is 8.19. The van der Waals surface area contributed by atoms with Gasteiger partial charge < -0.3 is 24.8 Å². The average molecular weight is 426 g/mol. The predicted molar refractivity (Wildman–Crippen MR) is 111 cm³/mol. The van der Waals surface area contributed by atoms with Crippen molar-refractivity contribution >= 4 is 19.5 Å². The fourth-order valence-corrected chi connectivity index (χ4v) is 3.75. The second-order valence-electron chi connectivity index (χ2n) is 7.38. The second kappa shape index (κ2) is 13.4. The maximum Gasteiger partial charge on any atom is 0.407 e. The first-order valence-electron chi connectivity index (χ1n) is 10.0. The highest BCUT2D eigenvalue weighted by Crippen LogP contribution is 2.30. The van der Waals surface area contributed by atoms with Crippen LogP contribution in [0.1, 0.15) is 52.0 Å². The number of benzene rings is 1. The smallest absolute Gasteiger partial charge is 0.407 e. The summed E-state index contributed by atoms with van der Waals surface area (Å²) < 4.78 is 17.3. The minimum Gasteiger partial charge on any atom is -0.787 e. The lowest BCUT2D eigenvalue weighted by Crippen LogP contribution is -2.46. The van der Waals surface area contributed by atoms with Gasteiger partial charge in [-0.3, -0.25) is 9.88 Å². The molecule has 0 spiro atoms. The van der Waals surface area contributed by atoms with Crippen LogP contribution in [0.4, 0.5) is 4.79 Å². The number of unbranched alkanes of at least 4 members (excludes halogenated alkanes) is 2. The van der Waals surface area contributed by atoms with Gasteiger partial charge in [-0.2, -0.15) is 0 Å². The van der Waals surface area contributed by atoms with Crippen molar-refractivity contribution in [3.05, 3.63) is 35.9 Å². The van der Waals surface area contributed by atoms with Crippen LogP contribution in [0.5, 0.6) is 0 Å². The molecule has 0 aliphatic carbocycles. The summed E-state index contributed by atoms with van der Waals surface area (Å²) in [7, 11) is -4.23. The number of nitrogens with one attached hydrogen (secondary N) is 3. The maximum atomic E-state index is 12.4. The number of carbonyl (C=O) groups is 2. The molecule has 0 heterocycles. The third-order valence-corrected chi connectivity index (χ3v) is 5.38. The third-order valence-electron chi connectivity index (χ3n) is 4.10. The van der Waals surface area contributed by atoms with E-state index in [0.717, 1.165) is 24.8 Å². The van der Waals surface area contributed by atoms with Gasteiger partial charge in [0.05, 0.1) is 19.8 Å². The SMILES string of the molecule is CCCCCNC(=O)[C@H](CC(C)C)NP(=O)([O-])CNC(=O)OCc1ccccc1. The molecule has 0 saturated carbocycles. The van der Waals surface area contributed by atoms with Gasteiger partial charge in [-0.25, -0.2) is 4.79 Å². The molecule has 0 aromatic heterocycles. The number of amides is 2. The van der Waals surface area contributed by atoms with Crippen LogP contribution >= 0.6 is 7.52 Å². The molecule has 9 heteroatoms. The van der Waals surface area contributed by atoms with Gasteiger partial charge in [0.15, 0.2) is 0 Å². The Balaban J connectivity index is 2.50. The molecule has 1 rings (SSSR count). The van der Waals surface area contributed by atoms with Crippen molar-refractivity contribution in [1.29, 1.82) is 0 Å². The normalized spacial score (nSPS) is 14.1. The van der Waals surface area contributed by atoms with Crippen molar-refractivity contribution < 1.29 is 23.8 Å². The molecule has 0 aliphatic rings. The van der Waals surface area contributed by atoms with Crippen LogP contribution in [0.25, 0.3) is 0 Å². The quantitative estimate of drug-likeness (QED) is 0.330. The van der Waals surface area contributed by atoms with E-state index in [1.54, 1.807) is 12.1 Å². The van der Waals surface area contributed by atoms with Gasteiger partial charge in [0.2, 0.25) is 5.91 Å². The van der Waals surface area contributed by atoms with Crippen LogP contribution in [-0.2, 0) is 20.7 Å². The Morgan fingerprint density at radius 2 is 1.83 bits per heavy atom. The molecule has 29 heavy (non-hydrogen) atoms. The fourth-order valence-electron chi connectivity index (χ4n) is 2.63. The Hall–Kier alpha value is -1.89. The van der Waals surface area contributed by atoms with Crippen molar-refractivity contribution in [2.24, 2.45) is 5.92 Å². The van der Waals surface area contributed by atoms with E-state index in [1.807, 2.05) is 32.0 Å². The van der Waals surface area contributed by atoms with Gasteiger partial charge in [-0.1, -0.05) is 63.9 Å². The largest absolute Gasteiger partial charge is 0.787 e. The lowest BCUT2D eigenvalue weighted by atomic mass is 10.0. The van der Waals surface area contributed by atoms with Gasteiger partial charge in [0.1, 0.15) is 6.61 Å². The van der Waals surface area contributed by atoms with E-state index in [9.17, 15) is 19.0 Å². The highest BCUT2D eigenvalue weighted by Gasteiger charge is 2.24. The monoisotopic (exact) mass is 426 g/mol. The average Bonchev–Trinajstić information content (AvgIpc) is 2.68. The molecule has 1 aromatic rings. The van der Waals surface area contributed by atoms with Crippen molar-refractivity contribution in [2.45, 2.75) is 59.1 Å². The second-order valence-corrected chi connectivity index (χ2v) is 9.30. The molecule has 8 nitrogen and oxygen atoms in total. The van der Waals surface area contributed by atoms with Crippen molar-refractivity contribution in [2.75, 3.05) is 12.8 Å². The molecule has 2 atom stereocenters. The zero-order valence-corrected chi connectivity index (χ0v) is 18.4. The number of alkyl carbamates (subject to hydrolysis) is 1. The zero-order valence-electron chi connectivity index (χ0n) is 17.5. The fraction of sp³-hybridized carbons (Fsp3) is 0.600. The number of ether oxygens (including phenoxy) is 1. The van der Waals surface area contributed by atoms with Crippen LogP contribution in [-0.4, -0.2) is 30.9 Å². The van der Waals surface area contributed by atoms with Gasteiger partial charge >= 0.3 is 6.09 Å². The summed E-state index contributed by atoms with van der Waals surface area (Å²) in [5.41, 5.74) is 0.794. The third kappa shape index (κ3) is 11.6. The summed E-state index contributed by atoms with van der Waals surface area (Å²) >= 11 is 0. The number of rotatable bonds is 13. The maximum absolute atomic E-state index is 12.4. The van der Waals surface area contributed by atoms with E-state index in [4.69, 9.17) is 4.74 Å². The van der Waals surface area contributed by atoms with E-state index >= 15 is 0 Å². The van der Waals surface area contributed by atoms with Crippen LogP contribution < -0.4 is 20.6 Å². The lowest BCUT2D eigenvalue weighted by molar-refractivity contribution is -0.179. The van der Waals surface area contributed by atoms with Crippen LogP contribution in [0.3, 0.4) is 0 Å². The Bertz CT molecular complexity index is 669. The van der Waals surface area contributed by atoms with Gasteiger partial charge in [-0.15, -0.1) is 0 Å². The topological polar surface area (TPSA) is 120 Å². The van der Waals surface area contributed by atoms with Gasteiger partial charge in [-0.05, 0) is 24.3 Å². The Morgan fingerprint density at radius 1 is 1.14 bits per heavy atom. The summed E-state index contributed by atoms with van der Waals surface area (Å²) in [5.74, 6) is -0.227. The van der Waals surface area contributed by atoms with E-state index < -0.39 is 25.9 Å². The standard InChI is InChI=1S/C20H34N3O5P/c1-4-5-9-12-21-19(24)18(13-16(2)3)23-29(26,27)15-22-20(25)28-14-17-10-7-6-8-11-17/h6-8,10-11,16,18H,4-5,9,12-15H2,1-3H3,(H,21,24)(H,22,25)(H2,23,26,27)/p-1/t18-/m0/s1. The molecule has 164 valence electrons. The summed E-state index contributed by atoms with van der Waals surface area (Å²) in [5, 5.41) is 7.41. The molecule has 0 radical (unpaired) electrons. The van der Waals surface area contributed by atoms with E-state index in [2.05, 4.69) is 22.6 Å². The molecule has 0 fully saturated rings. The van der Waals surface area contributed by atoms with Crippen LogP contribution in [0.15, 0.2) is 30.3 Å². The van der Waals surface area contributed by atoms with Gasteiger partial charge in [0, 0.05) is 6.54 Å². The molecular weight excluding hydrogens is 393 g/mol. The van der Waals surface area contributed by atoms with Crippen LogP contribution in [0.2, 0.25) is 0 Å². The first-order valence-corrected chi connectivity index (χ1v) is 11.8. The molecule has 0 saturated heterocycles. The van der Waals surface area contributed by atoms with E-state index in [0.29, 0.717) is 13.0 Å². The zero-order chi connectivity index (χ0) is 21.7. The van der Waals surface area contributed by atoms with E-state index in [1.165, 1.54) is 0 Å². The number of hydrogen-bond donors (Lipinski definition) is 3. The highest BCUT2D eigenvalue weighted by atomic mass is 31.2. The summed E-state index contributed by atoms with van der Waals surface area (Å²) in [4.78, 5) is 36.5. The van der Waals surface area contributed by atoms with Gasteiger partial charge in [0.25, 0.3) is 0 Å². The predicted octanol–water partition coefficient (Wildman–Crippen LogP) is 2.73. The highest BCUT2D eigenvalue weighted by molar-refractivity contribution is 7.54. The van der Waals surface area contributed by atoms with Crippen LogP contribution in [0, 0.1) is 5.92 Å². The summed E-state index contributed by atoms with van der Waals surface area (Å²) in [6.07, 6.45) is 1.77. The summed E-state index contributed by atoms with van der Waals surface area (Å²) in [6.45, 7) is 6.44. The molecule has 0 bridgehead atoms. The molecule has 2 amide bonds. The van der Waals surface area contributed by atoms with Crippen molar-refractivity contribution in [3.63, 3.8) is 0 Å². The minimum absolute atomic E-state index is 0.0411. The molecular formula is C20H33N3O5P-. The lowest BCUT2D eigenvalue weighted by Gasteiger charge is -2.30. The van der Waals surface area contributed by atoms with Crippen molar-refractivity contribution in [1.82, 2.24) is 15.7 Å². The minimum atomic E-state index is -4.23. The number of hydrogen-bond acceptors (Lipinski definition) is 5. The first kappa shape index (κ1) is 25.1. The molecule has 1 unspecified atom stereocenters. The molecule has 1 aromatic carbocycles.